The van der Waals surface area contributed by atoms with Crippen molar-refractivity contribution in [3.8, 4) is 0 Å². The fraction of sp³-hybridized carbons (Fsp3) is 0.357. The molecule has 1 amide bonds. The molecule has 1 aromatic carbocycles. The molecule has 0 bridgehead atoms. The van der Waals surface area contributed by atoms with Crippen molar-refractivity contribution in [3.05, 3.63) is 35.4 Å². The Hall–Kier alpha value is -2.58. The number of hydrogen-bond acceptors (Lipinski definition) is 4. The summed E-state index contributed by atoms with van der Waals surface area (Å²) in [7, 11) is 0. The number of carbonyl (C=O) groups is 3. The van der Waals surface area contributed by atoms with Gasteiger partial charge in [0.05, 0.1) is 5.56 Å². The molecule has 1 atom stereocenters. The maximum Gasteiger partial charge on any atom is 0.416 e. The molecule has 126 valence electrons. The second-order valence-corrected chi connectivity index (χ2v) is 4.64. The van der Waals surface area contributed by atoms with E-state index in [9.17, 15) is 27.6 Å². The highest BCUT2D eigenvalue weighted by molar-refractivity contribution is 5.85. The Bertz CT molecular complexity index is 583. The Balaban J connectivity index is 2.71. The van der Waals surface area contributed by atoms with Gasteiger partial charge in [0.25, 0.3) is 5.91 Å². The van der Waals surface area contributed by atoms with E-state index in [1.807, 2.05) is 0 Å². The number of alkyl halides is 3. The van der Waals surface area contributed by atoms with Crippen molar-refractivity contribution < 1.29 is 37.4 Å². The van der Waals surface area contributed by atoms with Crippen molar-refractivity contribution in [3.63, 3.8) is 0 Å². The van der Waals surface area contributed by atoms with Crippen molar-refractivity contribution in [2.24, 2.45) is 0 Å². The monoisotopic (exact) mass is 333 g/mol. The highest BCUT2D eigenvalue weighted by Gasteiger charge is 2.30. The number of carboxylic acid groups (broad SMARTS) is 1. The van der Waals surface area contributed by atoms with E-state index in [0.29, 0.717) is 5.56 Å². The van der Waals surface area contributed by atoms with Gasteiger partial charge in [0.2, 0.25) is 0 Å². The molecule has 6 nitrogen and oxygen atoms in total. The Morgan fingerprint density at radius 2 is 1.78 bits per heavy atom. The molecule has 23 heavy (non-hydrogen) atoms. The maximum atomic E-state index is 12.4. The van der Waals surface area contributed by atoms with Crippen LogP contribution in [0.15, 0.2) is 24.3 Å². The van der Waals surface area contributed by atoms with E-state index in [1.54, 1.807) is 0 Å². The second-order valence-electron chi connectivity index (χ2n) is 4.64. The third-order valence-electron chi connectivity index (χ3n) is 2.76. The molecular weight excluding hydrogens is 319 g/mol. The first kappa shape index (κ1) is 18.5. The van der Waals surface area contributed by atoms with Gasteiger partial charge in [-0.15, -0.1) is 0 Å². The fourth-order valence-electron chi connectivity index (χ4n) is 1.67. The lowest BCUT2D eigenvalue weighted by Gasteiger charge is -2.15. The molecule has 1 aromatic rings. The lowest BCUT2D eigenvalue weighted by Crippen LogP contribution is -2.44. The first-order valence-electron chi connectivity index (χ1n) is 6.41. The van der Waals surface area contributed by atoms with Crippen LogP contribution in [0, 0.1) is 0 Å². The SMILES string of the molecule is CC(=O)OCC(=O)N[C@H](Cc1ccc(C(F)(F)F)cc1)C(=O)O. The predicted octanol–water partition coefficient (Wildman–Crippen LogP) is 1.38. The number of carbonyl (C=O) groups excluding carboxylic acids is 2. The average Bonchev–Trinajstić information content (AvgIpc) is 2.44. The molecular formula is C14H14F3NO5. The number of nitrogens with one attached hydrogen (secondary N) is 1. The maximum absolute atomic E-state index is 12.4. The number of aliphatic carboxylic acids is 1. The molecule has 0 unspecified atom stereocenters. The van der Waals surface area contributed by atoms with Gasteiger partial charge in [-0.2, -0.15) is 13.2 Å². The van der Waals surface area contributed by atoms with Gasteiger partial charge in [-0.1, -0.05) is 12.1 Å². The summed E-state index contributed by atoms with van der Waals surface area (Å²) >= 11 is 0. The van der Waals surface area contributed by atoms with Gasteiger partial charge in [-0.05, 0) is 17.7 Å². The first-order valence-corrected chi connectivity index (χ1v) is 6.41. The summed E-state index contributed by atoms with van der Waals surface area (Å²) in [5.74, 6) is -2.88. The van der Waals surface area contributed by atoms with E-state index in [0.717, 1.165) is 31.2 Å². The Morgan fingerprint density at radius 1 is 1.22 bits per heavy atom. The van der Waals surface area contributed by atoms with Crippen LogP contribution in [0.4, 0.5) is 13.2 Å². The number of hydrogen-bond donors (Lipinski definition) is 2. The van der Waals surface area contributed by atoms with Crippen LogP contribution < -0.4 is 5.32 Å². The van der Waals surface area contributed by atoms with E-state index < -0.39 is 42.2 Å². The molecule has 0 aliphatic rings. The van der Waals surface area contributed by atoms with Crippen LogP contribution in [-0.2, 0) is 31.7 Å². The van der Waals surface area contributed by atoms with Crippen LogP contribution in [-0.4, -0.2) is 35.6 Å². The third-order valence-corrected chi connectivity index (χ3v) is 2.76. The third kappa shape index (κ3) is 6.37. The van der Waals surface area contributed by atoms with Crippen LogP contribution in [0.1, 0.15) is 18.1 Å². The van der Waals surface area contributed by atoms with Crippen molar-refractivity contribution in [2.75, 3.05) is 6.61 Å². The normalized spacial score (nSPS) is 12.3. The molecule has 0 saturated carbocycles. The summed E-state index contributed by atoms with van der Waals surface area (Å²) in [5.41, 5.74) is -0.551. The highest BCUT2D eigenvalue weighted by Crippen LogP contribution is 2.29. The summed E-state index contributed by atoms with van der Waals surface area (Å²) in [4.78, 5) is 33.1. The molecule has 1 rings (SSSR count). The van der Waals surface area contributed by atoms with Crippen LogP contribution >= 0.6 is 0 Å². The van der Waals surface area contributed by atoms with Gasteiger partial charge in [-0.3, -0.25) is 9.59 Å². The van der Waals surface area contributed by atoms with Gasteiger partial charge in [0.1, 0.15) is 6.04 Å². The quantitative estimate of drug-likeness (QED) is 0.767. The largest absolute Gasteiger partial charge is 0.480 e. The average molecular weight is 333 g/mol. The lowest BCUT2D eigenvalue weighted by molar-refractivity contribution is -0.148. The minimum Gasteiger partial charge on any atom is -0.480 e. The van der Waals surface area contributed by atoms with Crippen LogP contribution in [0.3, 0.4) is 0 Å². The number of ether oxygens (including phenoxy) is 1. The fourth-order valence-corrected chi connectivity index (χ4v) is 1.67. The lowest BCUT2D eigenvalue weighted by atomic mass is 10.0. The van der Waals surface area contributed by atoms with Crippen molar-refractivity contribution in [1.82, 2.24) is 5.32 Å². The van der Waals surface area contributed by atoms with E-state index >= 15 is 0 Å². The topological polar surface area (TPSA) is 92.7 Å². The number of esters is 1. The molecule has 0 heterocycles. The van der Waals surface area contributed by atoms with Gasteiger partial charge >= 0.3 is 18.1 Å². The molecule has 0 spiro atoms. The summed E-state index contributed by atoms with van der Waals surface area (Å²) < 4.78 is 41.7. The highest BCUT2D eigenvalue weighted by atomic mass is 19.4. The molecule has 9 heteroatoms. The standard InChI is InChI=1S/C14H14F3NO5/c1-8(19)23-7-12(20)18-11(13(21)22)6-9-2-4-10(5-3-9)14(15,16)17/h2-5,11H,6-7H2,1H3,(H,18,20)(H,21,22)/t11-/m1/s1. The molecule has 0 radical (unpaired) electrons. The van der Waals surface area contributed by atoms with Crippen LogP contribution in [0.25, 0.3) is 0 Å². The molecule has 0 aromatic heterocycles. The summed E-state index contributed by atoms with van der Waals surface area (Å²) in [5, 5.41) is 11.2. The van der Waals surface area contributed by atoms with Gasteiger partial charge in [0, 0.05) is 13.3 Å². The molecule has 2 N–H and O–H groups in total. The summed E-state index contributed by atoms with van der Waals surface area (Å²) in [6.45, 7) is 0.455. The second kappa shape index (κ2) is 7.61. The Labute approximate surface area is 129 Å². The Kier molecular flexibility index (Phi) is 6.11. The first-order chi connectivity index (χ1) is 10.6. The molecule has 0 aliphatic heterocycles. The molecule has 0 fully saturated rings. The minimum absolute atomic E-state index is 0.209. The zero-order valence-electron chi connectivity index (χ0n) is 12.0. The van der Waals surface area contributed by atoms with Gasteiger partial charge in [0.15, 0.2) is 6.61 Å². The number of carboxylic acids is 1. The van der Waals surface area contributed by atoms with Gasteiger partial charge in [-0.25, -0.2) is 4.79 Å². The molecule has 0 saturated heterocycles. The van der Waals surface area contributed by atoms with Crippen molar-refractivity contribution in [1.29, 1.82) is 0 Å². The predicted molar refractivity (Wildman–Crippen MR) is 71.3 cm³/mol. The number of halogens is 3. The van der Waals surface area contributed by atoms with Crippen LogP contribution in [0.5, 0.6) is 0 Å². The Morgan fingerprint density at radius 3 is 2.22 bits per heavy atom. The smallest absolute Gasteiger partial charge is 0.416 e. The number of rotatable bonds is 6. The van der Waals surface area contributed by atoms with Crippen molar-refractivity contribution in [2.45, 2.75) is 25.6 Å². The van der Waals surface area contributed by atoms with Gasteiger partial charge < -0.3 is 15.2 Å². The van der Waals surface area contributed by atoms with Crippen molar-refractivity contribution >= 4 is 17.8 Å². The zero-order chi connectivity index (χ0) is 17.6. The van der Waals surface area contributed by atoms with E-state index in [-0.39, 0.29) is 6.42 Å². The zero-order valence-corrected chi connectivity index (χ0v) is 12.0. The number of amides is 1. The van der Waals surface area contributed by atoms with E-state index in [4.69, 9.17) is 5.11 Å². The van der Waals surface area contributed by atoms with E-state index in [1.165, 1.54) is 0 Å². The molecule has 0 aliphatic carbocycles. The number of benzene rings is 1. The summed E-state index contributed by atoms with van der Waals surface area (Å²) in [6, 6.07) is 2.58. The van der Waals surface area contributed by atoms with Crippen LogP contribution in [0.2, 0.25) is 0 Å². The van der Waals surface area contributed by atoms with E-state index in [2.05, 4.69) is 10.1 Å². The minimum atomic E-state index is -4.48. The summed E-state index contributed by atoms with van der Waals surface area (Å²) in [6.07, 6.45) is -4.69.